The average Bonchev–Trinajstić information content (AvgIpc) is 2.61. The molecule has 0 aromatic heterocycles. The average molecular weight is 404 g/mol. The Morgan fingerprint density at radius 2 is 1.64 bits per heavy atom. The first-order chi connectivity index (χ1) is 13.3. The van der Waals surface area contributed by atoms with Gasteiger partial charge in [0.25, 0.3) is 0 Å². The minimum atomic E-state index is -0.267. The first-order valence-corrected chi connectivity index (χ1v) is 9.38. The summed E-state index contributed by atoms with van der Waals surface area (Å²) in [6.07, 6.45) is 0. The van der Waals surface area contributed by atoms with Crippen LogP contribution in [-0.2, 0) is 9.59 Å². The molecule has 2 N–H and O–H groups in total. The Kier molecular flexibility index (Phi) is 7.84. The summed E-state index contributed by atoms with van der Waals surface area (Å²) in [5, 5.41) is 6.08. The molecule has 0 heterocycles. The van der Waals surface area contributed by atoms with Crippen molar-refractivity contribution in [1.82, 2.24) is 4.90 Å². The number of ether oxygens (including phenoxy) is 1. The lowest BCUT2D eigenvalue weighted by atomic mass is 10.0. The molecule has 6 nitrogen and oxygen atoms in total. The van der Waals surface area contributed by atoms with Crippen LogP contribution in [0.25, 0.3) is 0 Å². The maximum atomic E-state index is 12.3. The summed E-state index contributed by atoms with van der Waals surface area (Å²) >= 11 is 5.97. The van der Waals surface area contributed by atoms with Crippen LogP contribution in [-0.4, -0.2) is 44.0 Å². The van der Waals surface area contributed by atoms with Gasteiger partial charge in [0.1, 0.15) is 5.75 Å². The summed E-state index contributed by atoms with van der Waals surface area (Å²) < 4.78 is 5.21. The van der Waals surface area contributed by atoms with Gasteiger partial charge in [-0.15, -0.1) is 0 Å². The van der Waals surface area contributed by atoms with Crippen LogP contribution in [0.2, 0.25) is 5.02 Å². The number of rotatable bonds is 8. The third kappa shape index (κ3) is 6.55. The van der Waals surface area contributed by atoms with Gasteiger partial charge in [0.2, 0.25) is 11.8 Å². The second-order valence-corrected chi connectivity index (χ2v) is 7.33. The van der Waals surface area contributed by atoms with Gasteiger partial charge >= 0.3 is 0 Å². The highest BCUT2D eigenvalue weighted by atomic mass is 35.5. The van der Waals surface area contributed by atoms with Crippen molar-refractivity contribution in [3.05, 3.63) is 53.1 Å². The van der Waals surface area contributed by atoms with Crippen LogP contribution in [0.5, 0.6) is 5.75 Å². The first kappa shape index (κ1) is 21.7. The van der Waals surface area contributed by atoms with Crippen LogP contribution < -0.4 is 15.4 Å². The summed E-state index contributed by atoms with van der Waals surface area (Å²) in [6, 6.07) is 12.7. The SMILES string of the molecule is COc1ccc(Cl)cc1NC(=O)CN(C)CC(=O)Nc1ccc(C(C)C)cc1. The van der Waals surface area contributed by atoms with Crippen molar-refractivity contribution in [3.8, 4) is 5.75 Å². The molecule has 0 fully saturated rings. The maximum Gasteiger partial charge on any atom is 0.238 e. The molecule has 0 bridgehead atoms. The lowest BCUT2D eigenvalue weighted by Gasteiger charge is -2.17. The molecule has 0 spiro atoms. The summed E-state index contributed by atoms with van der Waals surface area (Å²) in [5.41, 5.74) is 2.43. The quantitative estimate of drug-likeness (QED) is 0.699. The molecule has 0 saturated carbocycles. The lowest BCUT2D eigenvalue weighted by molar-refractivity contribution is -0.119. The number of likely N-dealkylation sites (N-methyl/N-ethyl adjacent to an activating group) is 1. The monoisotopic (exact) mass is 403 g/mol. The van der Waals surface area contributed by atoms with Gasteiger partial charge in [-0.1, -0.05) is 37.6 Å². The second kappa shape index (κ2) is 10.1. The number of nitrogens with zero attached hydrogens (tertiary/aromatic N) is 1. The van der Waals surface area contributed by atoms with Crippen molar-refractivity contribution in [2.24, 2.45) is 0 Å². The second-order valence-electron chi connectivity index (χ2n) is 6.89. The Hall–Kier alpha value is -2.57. The molecule has 150 valence electrons. The zero-order chi connectivity index (χ0) is 20.7. The molecule has 0 unspecified atom stereocenters. The zero-order valence-corrected chi connectivity index (χ0v) is 17.3. The van der Waals surface area contributed by atoms with E-state index in [1.165, 1.54) is 12.7 Å². The van der Waals surface area contributed by atoms with Gasteiger partial charge in [-0.2, -0.15) is 0 Å². The fraction of sp³-hybridized carbons (Fsp3) is 0.333. The minimum absolute atomic E-state index is 0.0510. The topological polar surface area (TPSA) is 70.7 Å². The van der Waals surface area contributed by atoms with Crippen molar-refractivity contribution >= 4 is 34.8 Å². The molecule has 0 aliphatic carbocycles. The van der Waals surface area contributed by atoms with Crippen molar-refractivity contribution in [1.29, 1.82) is 0 Å². The lowest BCUT2D eigenvalue weighted by Crippen LogP contribution is -2.36. The third-order valence-corrected chi connectivity index (χ3v) is 4.36. The number of nitrogens with one attached hydrogen (secondary N) is 2. The van der Waals surface area contributed by atoms with Gasteiger partial charge in [0.05, 0.1) is 25.9 Å². The largest absolute Gasteiger partial charge is 0.495 e. The van der Waals surface area contributed by atoms with E-state index in [-0.39, 0.29) is 24.9 Å². The van der Waals surface area contributed by atoms with E-state index in [1.807, 2.05) is 24.3 Å². The summed E-state index contributed by atoms with van der Waals surface area (Å²) in [5.74, 6) is 0.501. The van der Waals surface area contributed by atoms with E-state index < -0.39 is 0 Å². The molecule has 2 aromatic carbocycles. The number of carbonyl (C=O) groups is 2. The molecule has 2 aromatic rings. The highest BCUT2D eigenvalue weighted by molar-refractivity contribution is 6.31. The van der Waals surface area contributed by atoms with Gasteiger partial charge < -0.3 is 15.4 Å². The molecular weight excluding hydrogens is 378 g/mol. The van der Waals surface area contributed by atoms with Crippen molar-refractivity contribution < 1.29 is 14.3 Å². The van der Waals surface area contributed by atoms with Gasteiger partial charge in [-0.3, -0.25) is 14.5 Å². The van der Waals surface area contributed by atoms with Gasteiger partial charge in [0, 0.05) is 10.7 Å². The number of halogens is 1. The first-order valence-electron chi connectivity index (χ1n) is 9.00. The summed E-state index contributed by atoms with van der Waals surface area (Å²) in [4.78, 5) is 26.1. The highest BCUT2D eigenvalue weighted by Crippen LogP contribution is 2.27. The van der Waals surface area contributed by atoms with Gasteiger partial charge in [0.15, 0.2) is 0 Å². The number of hydrogen-bond donors (Lipinski definition) is 2. The van der Waals surface area contributed by atoms with Crippen LogP contribution in [0, 0.1) is 0 Å². The zero-order valence-electron chi connectivity index (χ0n) is 16.6. The summed E-state index contributed by atoms with van der Waals surface area (Å²) in [7, 11) is 3.22. The van der Waals surface area contributed by atoms with E-state index in [2.05, 4.69) is 24.5 Å². The smallest absolute Gasteiger partial charge is 0.238 e. The highest BCUT2D eigenvalue weighted by Gasteiger charge is 2.13. The summed E-state index contributed by atoms with van der Waals surface area (Å²) in [6.45, 7) is 4.38. The van der Waals surface area contributed by atoms with E-state index in [9.17, 15) is 9.59 Å². The van der Waals surface area contributed by atoms with Gasteiger partial charge in [-0.25, -0.2) is 0 Å². The van der Waals surface area contributed by atoms with Crippen molar-refractivity contribution in [2.75, 3.05) is 37.9 Å². The molecule has 0 aliphatic heterocycles. The molecule has 0 aliphatic rings. The van der Waals surface area contributed by atoms with Crippen LogP contribution in [0.1, 0.15) is 25.3 Å². The molecule has 0 radical (unpaired) electrons. The molecule has 7 heteroatoms. The van der Waals surface area contributed by atoms with Gasteiger partial charge in [-0.05, 0) is 48.9 Å². The fourth-order valence-electron chi connectivity index (χ4n) is 2.67. The fourth-order valence-corrected chi connectivity index (χ4v) is 2.84. The normalized spacial score (nSPS) is 10.8. The number of carbonyl (C=O) groups excluding carboxylic acids is 2. The number of amides is 2. The molecular formula is C21H26ClN3O3. The molecule has 28 heavy (non-hydrogen) atoms. The predicted octanol–water partition coefficient (Wildman–Crippen LogP) is 3.98. The maximum absolute atomic E-state index is 12.3. The van der Waals surface area contributed by atoms with Crippen LogP contribution in [0.15, 0.2) is 42.5 Å². The predicted molar refractivity (Wildman–Crippen MR) is 113 cm³/mol. The van der Waals surface area contributed by atoms with Crippen LogP contribution in [0.3, 0.4) is 0 Å². The Balaban J connectivity index is 1.85. The van der Waals surface area contributed by atoms with Crippen molar-refractivity contribution in [2.45, 2.75) is 19.8 Å². The number of hydrogen-bond acceptors (Lipinski definition) is 4. The van der Waals surface area contributed by atoms with E-state index in [4.69, 9.17) is 16.3 Å². The Bertz CT molecular complexity index is 822. The van der Waals surface area contributed by atoms with E-state index in [0.717, 1.165) is 5.69 Å². The van der Waals surface area contributed by atoms with Crippen LogP contribution in [0.4, 0.5) is 11.4 Å². The Morgan fingerprint density at radius 1 is 1.04 bits per heavy atom. The minimum Gasteiger partial charge on any atom is -0.495 e. The molecule has 2 rings (SSSR count). The van der Waals surface area contributed by atoms with E-state index >= 15 is 0 Å². The Labute approximate surface area is 170 Å². The number of methoxy groups -OCH3 is 1. The third-order valence-electron chi connectivity index (χ3n) is 4.12. The number of benzene rings is 2. The molecule has 2 amide bonds. The molecule has 0 saturated heterocycles. The standard InChI is InChI=1S/C21H26ClN3O3/c1-14(2)15-5-8-17(9-6-15)23-20(26)12-25(3)13-21(27)24-18-11-16(22)7-10-19(18)28-4/h5-11,14H,12-13H2,1-4H3,(H,23,26)(H,24,27). The Morgan fingerprint density at radius 3 is 2.21 bits per heavy atom. The van der Waals surface area contributed by atoms with E-state index in [1.54, 1.807) is 30.1 Å². The number of anilines is 2. The van der Waals surface area contributed by atoms with Crippen LogP contribution >= 0.6 is 11.6 Å². The molecule has 0 atom stereocenters. The van der Waals surface area contributed by atoms with E-state index in [0.29, 0.717) is 22.4 Å². The van der Waals surface area contributed by atoms with Crippen molar-refractivity contribution in [3.63, 3.8) is 0 Å².